The van der Waals surface area contributed by atoms with E-state index in [4.69, 9.17) is 0 Å². The molecule has 0 saturated heterocycles. The normalized spacial score (nSPS) is 13.6. The number of ketones is 1. The second-order valence-corrected chi connectivity index (χ2v) is 7.52. The van der Waals surface area contributed by atoms with Crippen molar-refractivity contribution in [1.29, 1.82) is 0 Å². The van der Waals surface area contributed by atoms with E-state index in [1.54, 1.807) is 18.5 Å². The maximum Gasteiger partial charge on any atom is 0.225 e. The standard InChI is InChI=1S/C17H26N2O2/c1-16(2,3)14(15(21)17(4,5)6)19-13(20)10-12-8-7-9-18-11-12/h7-9,11,14H,10H2,1-6H3,(H,19,20). The topological polar surface area (TPSA) is 59.1 Å². The fourth-order valence-corrected chi connectivity index (χ4v) is 2.01. The maximum absolute atomic E-state index is 12.6. The third-order valence-electron chi connectivity index (χ3n) is 3.26. The summed E-state index contributed by atoms with van der Waals surface area (Å²) in [6, 6.07) is 3.15. The number of aromatic nitrogens is 1. The number of nitrogens with one attached hydrogen (secondary N) is 1. The van der Waals surface area contributed by atoms with Crippen LogP contribution in [0.15, 0.2) is 24.5 Å². The first-order valence-electron chi connectivity index (χ1n) is 7.24. The Labute approximate surface area is 127 Å². The van der Waals surface area contributed by atoms with Gasteiger partial charge in [-0.2, -0.15) is 0 Å². The fourth-order valence-electron chi connectivity index (χ4n) is 2.01. The lowest BCUT2D eigenvalue weighted by Gasteiger charge is -2.34. The van der Waals surface area contributed by atoms with Gasteiger partial charge in [-0.15, -0.1) is 0 Å². The van der Waals surface area contributed by atoms with Crippen LogP contribution in [0.4, 0.5) is 0 Å². The number of carbonyl (C=O) groups excluding carboxylic acids is 2. The lowest BCUT2D eigenvalue weighted by atomic mass is 9.75. The first kappa shape index (κ1) is 17.3. The number of Topliss-reactive ketones (excluding diaryl/α,β-unsaturated/α-hetero) is 1. The second kappa shape index (κ2) is 6.37. The molecule has 1 unspecified atom stereocenters. The fraction of sp³-hybridized carbons (Fsp3) is 0.588. The molecule has 1 atom stereocenters. The zero-order valence-electron chi connectivity index (χ0n) is 13.9. The van der Waals surface area contributed by atoms with Crippen molar-refractivity contribution in [1.82, 2.24) is 10.3 Å². The summed E-state index contributed by atoms with van der Waals surface area (Å²) in [4.78, 5) is 28.8. The van der Waals surface area contributed by atoms with Gasteiger partial charge in [-0.1, -0.05) is 47.6 Å². The SMILES string of the molecule is CC(C)(C)C(=O)C(NC(=O)Cc1cccnc1)C(C)(C)C. The van der Waals surface area contributed by atoms with E-state index in [0.29, 0.717) is 0 Å². The maximum atomic E-state index is 12.6. The number of amides is 1. The Morgan fingerprint density at radius 1 is 1.19 bits per heavy atom. The van der Waals surface area contributed by atoms with Crippen LogP contribution in [0.5, 0.6) is 0 Å². The van der Waals surface area contributed by atoms with Crippen LogP contribution in [0.1, 0.15) is 47.1 Å². The van der Waals surface area contributed by atoms with Crippen LogP contribution >= 0.6 is 0 Å². The van der Waals surface area contributed by atoms with Gasteiger partial charge in [-0.25, -0.2) is 0 Å². The van der Waals surface area contributed by atoms with Gasteiger partial charge in [-0.3, -0.25) is 14.6 Å². The van der Waals surface area contributed by atoms with Crippen LogP contribution in [0.2, 0.25) is 0 Å². The van der Waals surface area contributed by atoms with Crippen molar-refractivity contribution in [2.75, 3.05) is 0 Å². The van der Waals surface area contributed by atoms with Gasteiger partial charge >= 0.3 is 0 Å². The Kier molecular flexibility index (Phi) is 5.26. The summed E-state index contributed by atoms with van der Waals surface area (Å²) >= 11 is 0. The van der Waals surface area contributed by atoms with E-state index in [-0.39, 0.29) is 23.5 Å². The Balaban J connectivity index is 2.83. The number of hydrogen-bond donors (Lipinski definition) is 1. The van der Waals surface area contributed by atoms with Crippen LogP contribution in [-0.4, -0.2) is 22.7 Å². The molecule has 1 aromatic heterocycles. The second-order valence-electron chi connectivity index (χ2n) is 7.52. The van der Waals surface area contributed by atoms with Crippen LogP contribution in [0.25, 0.3) is 0 Å². The molecule has 21 heavy (non-hydrogen) atoms. The third kappa shape index (κ3) is 5.29. The van der Waals surface area contributed by atoms with Crippen molar-refractivity contribution in [3.05, 3.63) is 30.1 Å². The van der Waals surface area contributed by atoms with E-state index in [1.165, 1.54) is 0 Å². The average molecular weight is 290 g/mol. The Hall–Kier alpha value is -1.71. The molecule has 1 rings (SSSR count). The van der Waals surface area contributed by atoms with Gasteiger partial charge in [0.25, 0.3) is 0 Å². The van der Waals surface area contributed by atoms with Crippen molar-refractivity contribution in [3.63, 3.8) is 0 Å². The molecule has 1 N–H and O–H groups in total. The summed E-state index contributed by atoms with van der Waals surface area (Å²) in [6.07, 6.45) is 3.57. The molecule has 0 radical (unpaired) electrons. The monoisotopic (exact) mass is 290 g/mol. The molecule has 0 saturated carbocycles. The third-order valence-corrected chi connectivity index (χ3v) is 3.26. The molecule has 116 valence electrons. The van der Waals surface area contributed by atoms with E-state index >= 15 is 0 Å². The highest BCUT2D eigenvalue weighted by molar-refractivity contribution is 5.93. The molecule has 1 amide bonds. The average Bonchev–Trinajstić information content (AvgIpc) is 2.34. The molecule has 4 heteroatoms. The molecule has 0 aliphatic rings. The Morgan fingerprint density at radius 3 is 2.24 bits per heavy atom. The molecule has 0 spiro atoms. The van der Waals surface area contributed by atoms with Crippen LogP contribution < -0.4 is 5.32 Å². The summed E-state index contributed by atoms with van der Waals surface area (Å²) in [7, 11) is 0. The molecule has 1 aromatic rings. The minimum atomic E-state index is -0.498. The molecule has 0 aliphatic carbocycles. The molecule has 1 heterocycles. The first-order chi connectivity index (χ1) is 9.51. The number of pyridine rings is 1. The minimum Gasteiger partial charge on any atom is -0.345 e. The largest absolute Gasteiger partial charge is 0.345 e. The first-order valence-corrected chi connectivity index (χ1v) is 7.24. The van der Waals surface area contributed by atoms with Crippen molar-refractivity contribution >= 4 is 11.7 Å². The Bertz CT molecular complexity index is 496. The lowest BCUT2D eigenvalue weighted by Crippen LogP contribution is -2.53. The zero-order valence-corrected chi connectivity index (χ0v) is 13.9. The quantitative estimate of drug-likeness (QED) is 0.927. The number of nitrogens with zero attached hydrogens (tertiary/aromatic N) is 1. The van der Waals surface area contributed by atoms with E-state index < -0.39 is 11.5 Å². The molecule has 0 bridgehead atoms. The summed E-state index contributed by atoms with van der Waals surface area (Å²) in [5.41, 5.74) is 0.0277. The molecule has 0 aliphatic heterocycles. The molecule has 0 fully saturated rings. The van der Waals surface area contributed by atoms with E-state index in [1.807, 2.05) is 47.6 Å². The summed E-state index contributed by atoms with van der Waals surface area (Å²) in [5.74, 6) is -0.102. The van der Waals surface area contributed by atoms with Gasteiger partial charge in [0, 0.05) is 17.8 Å². The molecular formula is C17H26N2O2. The Morgan fingerprint density at radius 2 is 1.81 bits per heavy atom. The van der Waals surface area contributed by atoms with Gasteiger partial charge in [0.2, 0.25) is 5.91 Å². The van der Waals surface area contributed by atoms with Crippen molar-refractivity contribution in [2.24, 2.45) is 10.8 Å². The number of rotatable bonds is 4. The highest BCUT2D eigenvalue weighted by Gasteiger charge is 2.38. The summed E-state index contributed by atoms with van der Waals surface area (Å²) in [6.45, 7) is 11.5. The zero-order chi connectivity index (χ0) is 16.3. The van der Waals surface area contributed by atoms with Gasteiger partial charge < -0.3 is 5.32 Å². The van der Waals surface area contributed by atoms with Crippen LogP contribution in [0.3, 0.4) is 0 Å². The van der Waals surface area contributed by atoms with E-state index in [9.17, 15) is 9.59 Å². The number of carbonyl (C=O) groups is 2. The molecule has 4 nitrogen and oxygen atoms in total. The summed E-state index contributed by atoms with van der Waals surface area (Å²) < 4.78 is 0. The van der Waals surface area contributed by atoms with Crippen LogP contribution in [-0.2, 0) is 16.0 Å². The van der Waals surface area contributed by atoms with Gasteiger partial charge in [0.15, 0.2) is 5.78 Å². The van der Waals surface area contributed by atoms with Crippen molar-refractivity contribution in [2.45, 2.75) is 54.0 Å². The predicted octanol–water partition coefficient (Wildman–Crippen LogP) is 2.77. The molecular weight excluding hydrogens is 264 g/mol. The van der Waals surface area contributed by atoms with Gasteiger partial charge in [0.05, 0.1) is 12.5 Å². The molecule has 0 aromatic carbocycles. The van der Waals surface area contributed by atoms with Gasteiger partial charge in [0.1, 0.15) is 0 Å². The smallest absolute Gasteiger partial charge is 0.225 e. The van der Waals surface area contributed by atoms with Gasteiger partial charge in [-0.05, 0) is 17.0 Å². The highest BCUT2D eigenvalue weighted by atomic mass is 16.2. The number of hydrogen-bond acceptors (Lipinski definition) is 3. The van der Waals surface area contributed by atoms with Crippen LogP contribution in [0, 0.1) is 10.8 Å². The van der Waals surface area contributed by atoms with E-state index in [2.05, 4.69) is 10.3 Å². The highest BCUT2D eigenvalue weighted by Crippen LogP contribution is 2.27. The minimum absolute atomic E-state index is 0.0505. The van der Waals surface area contributed by atoms with Crippen molar-refractivity contribution < 1.29 is 9.59 Å². The van der Waals surface area contributed by atoms with Crippen molar-refractivity contribution in [3.8, 4) is 0 Å². The lowest BCUT2D eigenvalue weighted by molar-refractivity contribution is -0.135. The summed E-state index contributed by atoms with van der Waals surface area (Å²) in [5, 5.41) is 2.90. The predicted molar refractivity (Wildman–Crippen MR) is 83.8 cm³/mol. The van der Waals surface area contributed by atoms with E-state index in [0.717, 1.165) is 5.56 Å².